The van der Waals surface area contributed by atoms with E-state index in [0.29, 0.717) is 6.42 Å². The van der Waals surface area contributed by atoms with Crippen LogP contribution in [-0.4, -0.2) is 23.6 Å². The van der Waals surface area contributed by atoms with Crippen LogP contribution in [0.3, 0.4) is 0 Å². The summed E-state index contributed by atoms with van der Waals surface area (Å²) in [6, 6.07) is 8.56. The quantitative estimate of drug-likeness (QED) is 0.866. The van der Waals surface area contributed by atoms with E-state index < -0.39 is 23.6 Å². The van der Waals surface area contributed by atoms with E-state index in [1.165, 1.54) is 0 Å². The number of amides is 2. The van der Waals surface area contributed by atoms with Gasteiger partial charge in [-0.3, -0.25) is 4.79 Å². The van der Waals surface area contributed by atoms with Gasteiger partial charge < -0.3 is 15.8 Å². The molecule has 1 unspecified atom stereocenters. The third-order valence-electron chi connectivity index (χ3n) is 2.32. The van der Waals surface area contributed by atoms with Crippen molar-refractivity contribution in [2.24, 2.45) is 5.73 Å². The molecule has 0 radical (unpaired) electrons. The normalized spacial score (nSPS) is 12.6. The van der Waals surface area contributed by atoms with Crippen molar-refractivity contribution in [1.29, 1.82) is 0 Å². The Balaban J connectivity index is 2.64. The van der Waals surface area contributed by atoms with Crippen molar-refractivity contribution in [2.75, 3.05) is 0 Å². The topological polar surface area (TPSA) is 81.4 Å². The van der Waals surface area contributed by atoms with E-state index >= 15 is 0 Å². The molecule has 0 saturated carbocycles. The fourth-order valence-corrected chi connectivity index (χ4v) is 1.52. The number of hydrogen-bond acceptors (Lipinski definition) is 3. The van der Waals surface area contributed by atoms with Crippen LogP contribution in [0.25, 0.3) is 0 Å². The molecular weight excluding hydrogens is 244 g/mol. The molecule has 0 saturated heterocycles. The Kier molecular flexibility index (Phi) is 4.92. The predicted octanol–water partition coefficient (Wildman–Crippen LogP) is 1.61. The minimum absolute atomic E-state index is 0.343. The lowest BCUT2D eigenvalue weighted by Gasteiger charge is -2.22. The second-order valence-corrected chi connectivity index (χ2v) is 5.29. The lowest BCUT2D eigenvalue weighted by Crippen LogP contribution is -2.47. The molecule has 0 spiro atoms. The summed E-state index contributed by atoms with van der Waals surface area (Å²) in [5.41, 5.74) is 5.59. The van der Waals surface area contributed by atoms with Gasteiger partial charge in [-0.25, -0.2) is 4.79 Å². The van der Waals surface area contributed by atoms with Crippen LogP contribution in [0.1, 0.15) is 26.3 Å². The number of nitrogens with one attached hydrogen (secondary N) is 1. The van der Waals surface area contributed by atoms with Gasteiger partial charge in [0, 0.05) is 6.42 Å². The van der Waals surface area contributed by atoms with Gasteiger partial charge in [0.15, 0.2) is 0 Å². The summed E-state index contributed by atoms with van der Waals surface area (Å²) >= 11 is 0. The van der Waals surface area contributed by atoms with Gasteiger partial charge in [-0.05, 0) is 26.3 Å². The van der Waals surface area contributed by atoms with Gasteiger partial charge in [0.25, 0.3) is 0 Å². The molecule has 1 atom stereocenters. The molecule has 0 fully saturated rings. The highest BCUT2D eigenvalue weighted by Crippen LogP contribution is 2.08. The van der Waals surface area contributed by atoms with Gasteiger partial charge in [0.2, 0.25) is 5.91 Å². The zero-order chi connectivity index (χ0) is 14.5. The first-order valence-corrected chi connectivity index (χ1v) is 6.11. The Morgan fingerprint density at radius 1 is 1.26 bits per heavy atom. The van der Waals surface area contributed by atoms with Crippen LogP contribution >= 0.6 is 0 Å². The van der Waals surface area contributed by atoms with Crippen LogP contribution in [-0.2, 0) is 16.0 Å². The Morgan fingerprint density at radius 2 is 1.84 bits per heavy atom. The molecule has 1 aromatic carbocycles. The number of carbonyl (C=O) groups is 2. The average molecular weight is 264 g/mol. The largest absolute Gasteiger partial charge is 0.444 e. The maximum atomic E-state index is 11.6. The zero-order valence-electron chi connectivity index (χ0n) is 11.5. The summed E-state index contributed by atoms with van der Waals surface area (Å²) in [5.74, 6) is -0.588. The molecule has 0 bridgehead atoms. The van der Waals surface area contributed by atoms with E-state index in [1.807, 2.05) is 30.3 Å². The van der Waals surface area contributed by atoms with Gasteiger partial charge in [-0.2, -0.15) is 0 Å². The molecule has 0 aliphatic heterocycles. The number of hydrogen-bond donors (Lipinski definition) is 2. The molecule has 0 aliphatic rings. The third-order valence-corrected chi connectivity index (χ3v) is 2.32. The Labute approximate surface area is 113 Å². The highest BCUT2D eigenvalue weighted by Gasteiger charge is 2.22. The SMILES string of the molecule is CC(C)(C)OC(=O)NC(Cc1ccccc1)C(N)=O. The van der Waals surface area contributed by atoms with Crippen molar-refractivity contribution in [2.45, 2.75) is 38.8 Å². The maximum absolute atomic E-state index is 11.6. The van der Waals surface area contributed by atoms with E-state index in [2.05, 4.69) is 5.32 Å². The molecule has 19 heavy (non-hydrogen) atoms. The molecule has 3 N–H and O–H groups in total. The standard InChI is InChI=1S/C14H20N2O3/c1-14(2,3)19-13(18)16-11(12(15)17)9-10-7-5-4-6-8-10/h4-8,11H,9H2,1-3H3,(H2,15,17)(H,16,18). The Bertz CT molecular complexity index is 438. The smallest absolute Gasteiger partial charge is 0.408 e. The Morgan fingerprint density at radius 3 is 2.32 bits per heavy atom. The summed E-state index contributed by atoms with van der Waals surface area (Å²) in [6.07, 6.45) is -0.303. The molecule has 5 heteroatoms. The van der Waals surface area contributed by atoms with Gasteiger partial charge in [0.05, 0.1) is 0 Å². The number of nitrogens with two attached hydrogens (primary N) is 1. The van der Waals surface area contributed by atoms with Crippen LogP contribution < -0.4 is 11.1 Å². The summed E-state index contributed by atoms with van der Waals surface area (Å²) in [6.45, 7) is 5.26. The lowest BCUT2D eigenvalue weighted by atomic mass is 10.1. The number of rotatable bonds is 4. The highest BCUT2D eigenvalue weighted by atomic mass is 16.6. The number of benzene rings is 1. The summed E-state index contributed by atoms with van der Waals surface area (Å²) in [5, 5.41) is 2.49. The predicted molar refractivity (Wildman–Crippen MR) is 72.5 cm³/mol. The van der Waals surface area contributed by atoms with Crippen LogP contribution in [0.15, 0.2) is 30.3 Å². The minimum Gasteiger partial charge on any atom is -0.444 e. The van der Waals surface area contributed by atoms with Gasteiger partial charge in [0.1, 0.15) is 11.6 Å². The second kappa shape index (κ2) is 6.22. The average Bonchev–Trinajstić information content (AvgIpc) is 2.26. The molecule has 5 nitrogen and oxygen atoms in total. The molecule has 1 aromatic rings. The van der Waals surface area contributed by atoms with Gasteiger partial charge >= 0.3 is 6.09 Å². The minimum atomic E-state index is -0.780. The Hall–Kier alpha value is -2.04. The van der Waals surface area contributed by atoms with Gasteiger partial charge in [-0.15, -0.1) is 0 Å². The maximum Gasteiger partial charge on any atom is 0.408 e. The first-order valence-electron chi connectivity index (χ1n) is 6.11. The third kappa shape index (κ3) is 5.90. The highest BCUT2D eigenvalue weighted by molar-refractivity contribution is 5.84. The lowest BCUT2D eigenvalue weighted by molar-refractivity contribution is -0.120. The number of primary amides is 1. The fraction of sp³-hybridized carbons (Fsp3) is 0.429. The summed E-state index contributed by atoms with van der Waals surface area (Å²) in [7, 11) is 0. The molecule has 2 amide bonds. The van der Waals surface area contributed by atoms with Crippen molar-refractivity contribution in [3.63, 3.8) is 0 Å². The van der Waals surface area contributed by atoms with Crippen LogP contribution in [0.4, 0.5) is 4.79 Å². The summed E-state index contributed by atoms with van der Waals surface area (Å²) < 4.78 is 5.10. The second-order valence-electron chi connectivity index (χ2n) is 5.29. The van der Waals surface area contributed by atoms with E-state index in [1.54, 1.807) is 20.8 Å². The molecule has 0 aliphatic carbocycles. The first kappa shape index (κ1) is 15.0. The van der Waals surface area contributed by atoms with Crippen molar-refractivity contribution in [1.82, 2.24) is 5.32 Å². The van der Waals surface area contributed by atoms with Crippen LogP contribution in [0.2, 0.25) is 0 Å². The first-order chi connectivity index (χ1) is 8.78. The van der Waals surface area contributed by atoms with E-state index in [4.69, 9.17) is 10.5 Å². The molecule has 1 rings (SSSR count). The number of ether oxygens (including phenoxy) is 1. The van der Waals surface area contributed by atoms with E-state index in [-0.39, 0.29) is 0 Å². The van der Waals surface area contributed by atoms with Crippen LogP contribution in [0, 0.1) is 0 Å². The van der Waals surface area contributed by atoms with Crippen molar-refractivity contribution >= 4 is 12.0 Å². The fourth-order valence-electron chi connectivity index (χ4n) is 1.52. The summed E-state index contributed by atoms with van der Waals surface area (Å²) in [4.78, 5) is 23.0. The zero-order valence-corrected chi connectivity index (χ0v) is 11.5. The van der Waals surface area contributed by atoms with Crippen molar-refractivity contribution < 1.29 is 14.3 Å². The van der Waals surface area contributed by atoms with Crippen molar-refractivity contribution in [3.05, 3.63) is 35.9 Å². The van der Waals surface area contributed by atoms with Crippen LogP contribution in [0.5, 0.6) is 0 Å². The monoisotopic (exact) mass is 264 g/mol. The molecule has 0 aromatic heterocycles. The molecule has 0 heterocycles. The molecule has 104 valence electrons. The number of alkyl carbamates (subject to hydrolysis) is 1. The van der Waals surface area contributed by atoms with Gasteiger partial charge in [-0.1, -0.05) is 30.3 Å². The number of carbonyl (C=O) groups excluding carboxylic acids is 2. The van der Waals surface area contributed by atoms with E-state index in [9.17, 15) is 9.59 Å². The van der Waals surface area contributed by atoms with Crippen molar-refractivity contribution in [3.8, 4) is 0 Å². The van der Waals surface area contributed by atoms with E-state index in [0.717, 1.165) is 5.56 Å². The molecular formula is C14H20N2O3.